The molecule has 0 bridgehead atoms. The van der Waals surface area contributed by atoms with Gasteiger partial charge in [0, 0.05) is 143 Å². The third-order valence-corrected chi connectivity index (χ3v) is 45.0. The molecule has 6 N–H and O–H groups in total. The number of ether oxygens (including phenoxy) is 3. The highest BCUT2D eigenvalue weighted by atomic mass is 127. The lowest BCUT2D eigenvalue weighted by Crippen LogP contribution is -2.51. The lowest BCUT2D eigenvalue weighted by atomic mass is 10.1. The molecule has 0 aromatic carbocycles. The molecule has 16 aromatic heterocycles. The molecular weight excluding hydrogens is 2280 g/mol. The quantitative estimate of drug-likeness (QED) is 0.0132. The molecule has 0 aliphatic rings. The van der Waals surface area contributed by atoms with Crippen molar-refractivity contribution in [1.29, 1.82) is 0 Å². The molecule has 0 fully saturated rings. The number of nitrogens with two attached hydrogens (primary N) is 1. The zero-order valence-electron chi connectivity index (χ0n) is 86.7. The fraction of sp³-hybridized carbons (Fsp3) is 0.356. The predicted molar refractivity (Wildman–Crippen MR) is 620 cm³/mol. The van der Waals surface area contributed by atoms with Gasteiger partial charge in [-0.3, -0.25) is 39.3 Å². The number of fused-ring (bicyclic) bond motifs is 3. The molecule has 46 heteroatoms. The van der Waals surface area contributed by atoms with Crippen LogP contribution in [0.3, 0.4) is 0 Å². The van der Waals surface area contributed by atoms with Crippen molar-refractivity contribution in [2.24, 2.45) is 5.73 Å². The van der Waals surface area contributed by atoms with Crippen molar-refractivity contribution >= 4 is 256 Å². The van der Waals surface area contributed by atoms with Crippen LogP contribution in [0.15, 0.2) is 196 Å². The van der Waals surface area contributed by atoms with Gasteiger partial charge in [0.15, 0.2) is 75.8 Å². The van der Waals surface area contributed by atoms with Crippen molar-refractivity contribution in [2.75, 3.05) is 20.0 Å². The number of halogens is 7. The van der Waals surface area contributed by atoms with Gasteiger partial charge in [-0.05, 0) is 243 Å². The van der Waals surface area contributed by atoms with E-state index < -0.39 is 63.8 Å². The Morgan fingerprint density at radius 1 is 0.427 bits per heavy atom. The molecule has 0 radical (unpaired) electrons. The summed E-state index contributed by atoms with van der Waals surface area (Å²) >= 11 is 43.7. The topological polar surface area (TPSA) is 412 Å². The van der Waals surface area contributed by atoms with Crippen LogP contribution in [0.25, 0.3) is 33.1 Å². The van der Waals surface area contributed by atoms with E-state index in [4.69, 9.17) is 99.5 Å². The monoisotopic (exact) mass is 2390 g/mol. The maximum absolute atomic E-state index is 13.3. The van der Waals surface area contributed by atoms with Crippen LogP contribution in [-0.2, 0) is 46.9 Å². The first-order chi connectivity index (χ1) is 71.0. The highest BCUT2D eigenvalue weighted by molar-refractivity contribution is 14.1. The van der Waals surface area contributed by atoms with E-state index in [1.54, 1.807) is 146 Å². The van der Waals surface area contributed by atoms with E-state index in [2.05, 4.69) is 198 Å². The van der Waals surface area contributed by atoms with Crippen LogP contribution in [0.4, 0.5) is 34.9 Å². The second kappa shape index (κ2) is 55.3. The van der Waals surface area contributed by atoms with Crippen LogP contribution < -0.4 is 25.8 Å². The van der Waals surface area contributed by atoms with E-state index in [-0.39, 0.29) is 50.3 Å². The Labute approximate surface area is 938 Å². The fourth-order valence-corrected chi connectivity index (χ4v) is 37.2. The average Bonchev–Trinajstić information content (AvgIpc) is 1.58. The Bertz CT molecular complexity index is 7070. The van der Waals surface area contributed by atoms with Crippen LogP contribution in [0.5, 0.6) is 0 Å². The van der Waals surface area contributed by atoms with Gasteiger partial charge in [0.25, 0.3) is 0 Å². The van der Waals surface area contributed by atoms with Crippen molar-refractivity contribution in [3.05, 3.63) is 293 Å². The number of thiazole rings is 5. The third-order valence-electron chi connectivity index (χ3n) is 23.4. The molecule has 2 atom stereocenters. The molecule has 0 aliphatic carbocycles. The van der Waals surface area contributed by atoms with Crippen LogP contribution in [0, 0.1) is 3.57 Å². The number of aromatic nitrogens is 16. The summed E-state index contributed by atoms with van der Waals surface area (Å²) in [6.45, 7) is 46.3. The van der Waals surface area contributed by atoms with Gasteiger partial charge in [0.1, 0.15) is 70.9 Å². The number of nitrogens with one attached hydrogen (secondary N) is 2. The van der Waals surface area contributed by atoms with Crippen molar-refractivity contribution in [3.63, 3.8) is 0 Å². The van der Waals surface area contributed by atoms with E-state index in [1.165, 1.54) is 52.0 Å². The summed E-state index contributed by atoms with van der Waals surface area (Å²) in [5, 5.41) is 31.4. The fourth-order valence-electron chi connectivity index (χ4n) is 17.3. The summed E-state index contributed by atoms with van der Waals surface area (Å²) in [6, 6.07) is 30.3. The number of amides is 3. The number of nitrogens with zero attached hydrogens (tertiary/aromatic N) is 18. The van der Waals surface area contributed by atoms with E-state index >= 15 is 0 Å². The Balaban J connectivity index is 0.000000189. The summed E-state index contributed by atoms with van der Waals surface area (Å²) in [5.41, 5.74) is 15.5. The van der Waals surface area contributed by atoms with E-state index in [0.717, 1.165) is 83.8 Å². The Kier molecular flexibility index (Phi) is 44.7. The molecule has 150 heavy (non-hydrogen) atoms. The zero-order valence-corrected chi connectivity index (χ0v) is 99.5. The minimum absolute atomic E-state index is 0.0725. The first-order valence-electron chi connectivity index (χ1n) is 47.6. The largest absolute Gasteiger partial charge is 0.443 e. The van der Waals surface area contributed by atoms with E-state index in [9.17, 15) is 39.0 Å². The minimum atomic E-state index is -2.18. The van der Waals surface area contributed by atoms with Gasteiger partial charge in [-0.2, -0.15) is 0 Å². The number of aromatic amines is 1. The van der Waals surface area contributed by atoms with Crippen LogP contribution >= 0.6 is 149 Å². The first kappa shape index (κ1) is 121. The summed E-state index contributed by atoms with van der Waals surface area (Å²) in [7, 11) is -3.88. The number of aliphatic hydroxyl groups excluding tert-OH is 2. The third kappa shape index (κ3) is 31.8. The summed E-state index contributed by atoms with van der Waals surface area (Å²) in [4.78, 5) is 134. The SMILES string of the molecule is CC(C)(C)OC(=O)N(Cc1ccncc1)c1nc(Cl)c(C(O)c2c[nH]c3ncccc23)s1.CC(C)(C)OC(=O)N(Cc1ccncc1)c1nc(Cl)c(C=O)s1.CC(C)[Si](C(C)C)(C(C)C)n1cc(C(O)c2sc(N(Cc3ccncc3)C(=O)OC(C)(C)C)nc2Cl)c2cccnc21.CC(C)[Si](C(C)C)(C(C)C)n1cc(I)c2cccnc21.NCc1ccncc1.O=Cc1sc(Cl)nc1Cl.O=Cc1sc(NCc2ccncc2)nc1Cl. The summed E-state index contributed by atoms with van der Waals surface area (Å²) in [6.07, 6.45) is 26.6. The molecule has 16 aromatic rings. The number of aliphatic hydroxyl groups is 2. The Morgan fingerprint density at radius 3 is 1.12 bits per heavy atom. The number of aldehydes is 3. The van der Waals surface area contributed by atoms with Gasteiger partial charge in [-0.1, -0.05) is 209 Å². The number of carbonyl (C=O) groups is 6. The first-order valence-corrected chi connectivity index (χ1v) is 59.4. The maximum Gasteiger partial charge on any atom is 0.416 e. The second-order valence-electron chi connectivity index (χ2n) is 38.8. The second-order valence-corrected chi connectivity index (χ2v) is 58.9. The minimum Gasteiger partial charge on any atom is -0.443 e. The average molecular weight is 2400 g/mol. The molecule has 0 spiro atoms. The summed E-state index contributed by atoms with van der Waals surface area (Å²) < 4.78 is 23.3. The standard InChI is InChI=1S/C31H42ClN5O3SSi.C22H22ClN5O3S.C16H25IN2Si.C15H16ClN3O3S.C10H8ClN3OS.C6H8N2.C4HCl2NOS/c1-19(2)42(20(3)4,21(5)6)37-18-24(23-11-10-14-34-28(23)37)25(38)26-27(32)35-29(41-26)36(30(39)40-31(7,8)9)17-22-12-15-33-16-13-22;1-22(2,3)31-21(30)28(12-13-6-9-24-10-7-13)20-27-18(23)17(32-20)16(29)15-11-26-19-14(15)5-4-8-25-19;1-11(2)20(12(3)4,13(5)6)19-10-15(17)14-8-7-9-18-16(14)19;1-15(2,3)22-14(21)19(8-10-4-6-17-7-5-10)13-18-12(16)11(9-20)23-13;11-9-8(6-15)16-10(14-9)13-5-7-1-3-12-4-2-7;7-5-6-1-3-8-4-2-6;5-3-2(1-8)9-4(6)7-3/h10-16,18-21,25,38H,17H2,1-9H3;4-11,16,29H,12H2,1-3H3,(H,25,26);7-13H,1-6H3;4-7,9H,8H2,1-3H3;1-4,6H,5H2,(H,13,14);1-4H,5,7H2;1H. The van der Waals surface area contributed by atoms with Crippen LogP contribution in [0.1, 0.15) is 235 Å². The number of rotatable bonds is 28. The molecule has 0 saturated heterocycles. The number of anilines is 4. The number of hydrogen-bond acceptors (Lipinski definition) is 31. The highest BCUT2D eigenvalue weighted by Gasteiger charge is 2.49. The van der Waals surface area contributed by atoms with Gasteiger partial charge >= 0.3 is 18.3 Å². The van der Waals surface area contributed by atoms with Gasteiger partial charge < -0.3 is 48.9 Å². The normalized spacial score (nSPS) is 12.0. The van der Waals surface area contributed by atoms with Gasteiger partial charge in [-0.15, -0.1) is 0 Å². The van der Waals surface area contributed by atoms with E-state index in [0.29, 0.717) is 121 Å². The number of H-pyrrole nitrogens is 1. The highest BCUT2D eigenvalue weighted by Crippen LogP contribution is 2.50. The van der Waals surface area contributed by atoms with Crippen molar-refractivity contribution in [3.8, 4) is 0 Å². The lowest BCUT2D eigenvalue weighted by molar-refractivity contribution is 0.0566. The van der Waals surface area contributed by atoms with Gasteiger partial charge in [0.05, 0.1) is 29.4 Å². The number of hydrogen-bond donors (Lipinski definition) is 5. The summed E-state index contributed by atoms with van der Waals surface area (Å²) in [5.74, 6) is 0. The molecule has 796 valence electrons. The predicted octanol–water partition coefficient (Wildman–Crippen LogP) is 28.7. The zero-order chi connectivity index (χ0) is 110. The lowest BCUT2D eigenvalue weighted by Gasteiger charge is -2.44. The van der Waals surface area contributed by atoms with Crippen LogP contribution in [-0.4, -0.2) is 159 Å². The van der Waals surface area contributed by atoms with Crippen molar-refractivity contribution in [2.45, 2.75) is 240 Å². The molecule has 0 aliphatic heterocycles. The number of carbonyl (C=O) groups excluding carboxylic acids is 6. The van der Waals surface area contributed by atoms with Gasteiger partial charge in [-0.25, -0.2) is 69.0 Å². The van der Waals surface area contributed by atoms with E-state index in [1.807, 2.05) is 93.8 Å². The van der Waals surface area contributed by atoms with Crippen LogP contribution in [0.2, 0.25) is 63.5 Å². The Hall–Kier alpha value is -10.6. The molecule has 32 nitrogen and oxygen atoms in total. The number of pyridine rings is 8. The molecule has 0 saturated carbocycles. The van der Waals surface area contributed by atoms with Gasteiger partial charge in [0.2, 0.25) is 0 Å². The Morgan fingerprint density at radius 2 is 0.760 bits per heavy atom. The smallest absolute Gasteiger partial charge is 0.416 e. The molecule has 3 amide bonds. The molecule has 2 unspecified atom stereocenters. The molecular formula is C104H122Cl6IN21O11S5Si2. The van der Waals surface area contributed by atoms with Crippen molar-refractivity contribution < 1.29 is 53.2 Å². The maximum atomic E-state index is 13.3. The molecule has 16 heterocycles. The molecule has 16 rings (SSSR count). The van der Waals surface area contributed by atoms with Crippen molar-refractivity contribution in [1.82, 2.24) is 78.2 Å².